The molecule has 0 N–H and O–H groups in total. The largest absolute Gasteiger partial charge is 0.487 e. The fourth-order valence-electron chi connectivity index (χ4n) is 3.07. The van der Waals surface area contributed by atoms with Crippen LogP contribution in [0.1, 0.15) is 32.6 Å². The number of nitrogens with zero attached hydrogens (tertiary/aromatic N) is 2. The second-order valence-corrected chi connectivity index (χ2v) is 8.10. The van der Waals surface area contributed by atoms with Crippen LogP contribution < -0.4 is 4.74 Å². The first-order chi connectivity index (χ1) is 13.6. The number of halogens is 2. The molecule has 1 aromatic heterocycles. The van der Waals surface area contributed by atoms with Crippen LogP contribution in [0.25, 0.3) is 0 Å². The van der Waals surface area contributed by atoms with Gasteiger partial charge in [-0.1, -0.05) is 41.9 Å². The van der Waals surface area contributed by atoms with Crippen molar-refractivity contribution in [3.63, 3.8) is 0 Å². The van der Waals surface area contributed by atoms with Gasteiger partial charge in [-0.2, -0.15) is 0 Å². The van der Waals surface area contributed by atoms with Gasteiger partial charge >= 0.3 is 0 Å². The molecule has 2 unspecified atom stereocenters. The molecule has 3 aromatic rings. The predicted molar refractivity (Wildman–Crippen MR) is 103 cm³/mol. The minimum Gasteiger partial charge on any atom is -0.487 e. The molecule has 0 saturated heterocycles. The molecule has 142 valence electrons. The number of ketones is 1. The summed E-state index contributed by atoms with van der Waals surface area (Å²) in [5, 5.41) is -1.12. The smallest absolute Gasteiger partial charge is 0.203 e. The van der Waals surface area contributed by atoms with Gasteiger partial charge in [-0.3, -0.25) is 14.0 Å². The third kappa shape index (κ3) is 3.43. The summed E-state index contributed by atoms with van der Waals surface area (Å²) in [6.45, 7) is 0.126. The zero-order valence-electron chi connectivity index (χ0n) is 14.5. The molecule has 2 heterocycles. The highest BCUT2D eigenvalue weighted by Crippen LogP contribution is 2.41. The van der Waals surface area contributed by atoms with E-state index in [-0.39, 0.29) is 34.4 Å². The molecule has 0 spiro atoms. The van der Waals surface area contributed by atoms with Gasteiger partial charge in [0, 0.05) is 23.2 Å². The van der Waals surface area contributed by atoms with Crippen LogP contribution >= 0.6 is 11.6 Å². The van der Waals surface area contributed by atoms with Gasteiger partial charge in [0.05, 0.1) is 22.0 Å². The van der Waals surface area contributed by atoms with Gasteiger partial charge in [0.1, 0.15) is 29.1 Å². The molecule has 0 amide bonds. The third-order valence-corrected chi connectivity index (χ3v) is 6.20. The maximum atomic E-state index is 14.8. The number of carbonyl (C=O) groups is 1. The minimum atomic E-state index is -1.73. The number of hydrogen-bond donors (Lipinski definition) is 0. The van der Waals surface area contributed by atoms with E-state index in [4.69, 9.17) is 16.3 Å². The van der Waals surface area contributed by atoms with Crippen molar-refractivity contribution in [1.29, 1.82) is 0 Å². The molecular weight excluding hydrogens is 403 g/mol. The van der Waals surface area contributed by atoms with Crippen molar-refractivity contribution >= 4 is 28.2 Å². The summed E-state index contributed by atoms with van der Waals surface area (Å²) >= 11 is 6.25. The van der Waals surface area contributed by atoms with Crippen LogP contribution in [0.3, 0.4) is 0 Å². The van der Waals surface area contributed by atoms with Crippen molar-refractivity contribution in [2.24, 2.45) is 0 Å². The van der Waals surface area contributed by atoms with E-state index in [1.165, 1.54) is 18.5 Å². The first-order valence-corrected chi connectivity index (χ1v) is 10.2. The Hall–Kier alpha value is -2.64. The first-order valence-electron chi connectivity index (χ1n) is 8.42. The molecule has 1 aliphatic rings. The van der Waals surface area contributed by atoms with E-state index in [2.05, 4.69) is 9.97 Å². The normalized spacial score (nSPS) is 18.6. The lowest BCUT2D eigenvalue weighted by molar-refractivity contribution is 0.0977. The molecule has 0 fully saturated rings. The van der Waals surface area contributed by atoms with Crippen LogP contribution in [0.15, 0.2) is 54.9 Å². The minimum absolute atomic E-state index is 0.00363. The van der Waals surface area contributed by atoms with Crippen LogP contribution in [0, 0.1) is 5.82 Å². The quantitative estimate of drug-likeness (QED) is 0.642. The van der Waals surface area contributed by atoms with E-state index >= 15 is 0 Å². The summed E-state index contributed by atoms with van der Waals surface area (Å²) in [6, 6.07) is 11.8. The summed E-state index contributed by atoms with van der Waals surface area (Å²) in [7, 11) is -1.73. The zero-order valence-corrected chi connectivity index (χ0v) is 16.0. The van der Waals surface area contributed by atoms with Gasteiger partial charge in [-0.05, 0) is 17.7 Å². The zero-order chi connectivity index (χ0) is 19.7. The van der Waals surface area contributed by atoms with Crippen LogP contribution in [0.5, 0.6) is 5.75 Å². The number of rotatable bonds is 4. The van der Waals surface area contributed by atoms with E-state index in [0.29, 0.717) is 5.69 Å². The number of fused-ring (bicyclic) bond motifs is 1. The maximum Gasteiger partial charge on any atom is 0.203 e. The maximum absolute atomic E-state index is 14.8. The summed E-state index contributed by atoms with van der Waals surface area (Å²) in [5.41, 5.74) is 1.18. The van der Waals surface area contributed by atoms with Crippen LogP contribution in [0.4, 0.5) is 4.39 Å². The van der Waals surface area contributed by atoms with E-state index in [1.54, 1.807) is 0 Å². The molecule has 1 aliphatic heterocycles. The fraction of sp³-hybridized carbons (Fsp3) is 0.150. The Bertz CT molecular complexity index is 1080. The molecule has 2 aromatic carbocycles. The SMILES string of the molecule is O=C1c2nccnc2CS(=O)C1c1c(F)ccc(Cl)c1OCc1ccccc1. The van der Waals surface area contributed by atoms with Gasteiger partial charge in [0.25, 0.3) is 0 Å². The summed E-state index contributed by atoms with van der Waals surface area (Å²) in [5.74, 6) is -1.24. The molecule has 8 heteroatoms. The lowest BCUT2D eigenvalue weighted by atomic mass is 10.0. The Morgan fingerprint density at radius 3 is 2.68 bits per heavy atom. The second kappa shape index (κ2) is 7.77. The summed E-state index contributed by atoms with van der Waals surface area (Å²) < 4.78 is 33.4. The number of benzene rings is 2. The topological polar surface area (TPSA) is 69.2 Å². The highest BCUT2D eigenvalue weighted by atomic mass is 35.5. The lowest BCUT2D eigenvalue weighted by Crippen LogP contribution is -2.29. The van der Waals surface area contributed by atoms with E-state index in [1.807, 2.05) is 30.3 Å². The second-order valence-electron chi connectivity index (χ2n) is 6.17. The Morgan fingerprint density at radius 1 is 1.14 bits per heavy atom. The molecule has 4 rings (SSSR count). The highest BCUT2D eigenvalue weighted by Gasteiger charge is 2.40. The monoisotopic (exact) mass is 416 g/mol. The van der Waals surface area contributed by atoms with E-state index in [0.717, 1.165) is 11.6 Å². The van der Waals surface area contributed by atoms with Crippen molar-refractivity contribution in [1.82, 2.24) is 9.97 Å². The van der Waals surface area contributed by atoms with Crippen LogP contribution in [0.2, 0.25) is 5.02 Å². The number of aromatic nitrogens is 2. The molecule has 0 saturated carbocycles. The summed E-state index contributed by atoms with van der Waals surface area (Å²) in [6.07, 6.45) is 2.81. The molecular formula is C20H14ClFN2O3S. The van der Waals surface area contributed by atoms with Gasteiger partial charge < -0.3 is 4.74 Å². The Morgan fingerprint density at radius 2 is 1.89 bits per heavy atom. The van der Waals surface area contributed by atoms with Gasteiger partial charge in [0.2, 0.25) is 5.78 Å². The number of carbonyl (C=O) groups excluding carboxylic acids is 1. The van der Waals surface area contributed by atoms with E-state index < -0.39 is 27.6 Å². The standard InChI is InChI=1S/C20H14ClFN2O3S/c21-13-6-7-14(22)16(19(13)27-10-12-4-2-1-3-5-12)20-18(25)17-15(11-28(20)26)23-8-9-24-17/h1-9,20H,10-11H2. The summed E-state index contributed by atoms with van der Waals surface area (Å²) in [4.78, 5) is 21.1. The Kier molecular flexibility index (Phi) is 5.19. The first kappa shape index (κ1) is 18.7. The van der Waals surface area contributed by atoms with Crippen molar-refractivity contribution in [2.45, 2.75) is 17.6 Å². The van der Waals surface area contributed by atoms with Crippen LogP contribution in [-0.4, -0.2) is 20.0 Å². The van der Waals surface area contributed by atoms with Crippen molar-refractivity contribution in [2.75, 3.05) is 0 Å². The average Bonchev–Trinajstić information content (AvgIpc) is 2.70. The van der Waals surface area contributed by atoms with Crippen molar-refractivity contribution in [3.05, 3.63) is 88.2 Å². The van der Waals surface area contributed by atoms with Crippen molar-refractivity contribution in [3.8, 4) is 5.75 Å². The average molecular weight is 417 g/mol. The molecule has 0 radical (unpaired) electrons. The molecule has 2 atom stereocenters. The van der Waals surface area contributed by atoms with Gasteiger partial charge in [-0.15, -0.1) is 0 Å². The lowest BCUT2D eigenvalue weighted by Gasteiger charge is -2.24. The van der Waals surface area contributed by atoms with Crippen molar-refractivity contribution < 1.29 is 18.1 Å². The number of ether oxygens (including phenoxy) is 1. The van der Waals surface area contributed by atoms with Gasteiger partial charge in [0.15, 0.2) is 0 Å². The fourth-order valence-corrected chi connectivity index (χ4v) is 4.77. The third-order valence-electron chi connectivity index (χ3n) is 4.37. The molecule has 28 heavy (non-hydrogen) atoms. The highest BCUT2D eigenvalue weighted by molar-refractivity contribution is 7.85. The number of hydrogen-bond acceptors (Lipinski definition) is 5. The van der Waals surface area contributed by atoms with Gasteiger partial charge in [-0.25, -0.2) is 9.37 Å². The van der Waals surface area contributed by atoms with E-state index in [9.17, 15) is 13.4 Å². The molecule has 5 nitrogen and oxygen atoms in total. The molecule has 0 bridgehead atoms. The Balaban J connectivity index is 1.76. The molecule has 0 aliphatic carbocycles. The number of Topliss-reactive ketones (excluding diaryl/α,β-unsaturated/α-hetero) is 1. The van der Waals surface area contributed by atoms with Crippen LogP contribution in [-0.2, 0) is 23.2 Å². The predicted octanol–water partition coefficient (Wildman–Crippen LogP) is 4.03. The Labute approximate surface area is 168 Å².